The number of Topliss-reactive ketones (excluding diaryl/α,β-unsaturated/α-hetero) is 1. The van der Waals surface area contributed by atoms with Crippen molar-refractivity contribution in [2.45, 2.75) is 25.9 Å². The van der Waals surface area contributed by atoms with Crippen LogP contribution in [0.15, 0.2) is 60.7 Å². The zero-order valence-corrected chi connectivity index (χ0v) is 17.3. The summed E-state index contributed by atoms with van der Waals surface area (Å²) < 4.78 is 22.2. The second-order valence-electron chi connectivity index (χ2n) is 6.52. The highest BCUT2D eigenvalue weighted by atomic mass is 31.2. The second-order valence-corrected chi connectivity index (χ2v) is 8.79. The van der Waals surface area contributed by atoms with Gasteiger partial charge in [-0.05, 0) is 25.0 Å². The fourth-order valence-electron chi connectivity index (χ4n) is 3.13. The van der Waals surface area contributed by atoms with Gasteiger partial charge in [0.25, 0.3) is 0 Å². The standard InChI is InChI=1S/C21H28NO4P/c1-17(19-11-7-5-8-12-19)22(18(2)20-13-9-6-10-14-20)15-21(23)16-27(24,25-3)26-4/h5-14,17-18H,15-16H2,1-4H3/t17-,18-/m1/s1. The van der Waals surface area contributed by atoms with Gasteiger partial charge in [-0.3, -0.25) is 14.3 Å². The molecule has 2 aromatic carbocycles. The van der Waals surface area contributed by atoms with E-state index >= 15 is 0 Å². The lowest BCUT2D eigenvalue weighted by molar-refractivity contribution is -0.119. The molecule has 2 rings (SSSR count). The third-order valence-corrected chi connectivity index (χ3v) is 6.70. The number of rotatable bonds is 10. The van der Waals surface area contributed by atoms with Crippen LogP contribution >= 0.6 is 7.60 Å². The predicted octanol–water partition coefficient (Wildman–Crippen LogP) is 4.87. The maximum absolute atomic E-state index is 12.7. The van der Waals surface area contributed by atoms with Crippen molar-refractivity contribution < 1.29 is 18.4 Å². The maximum atomic E-state index is 12.7. The summed E-state index contributed by atoms with van der Waals surface area (Å²) in [7, 11) is -0.774. The molecule has 0 unspecified atom stereocenters. The smallest absolute Gasteiger partial charge is 0.312 e. The van der Waals surface area contributed by atoms with Crippen LogP contribution in [0.5, 0.6) is 0 Å². The molecule has 6 heteroatoms. The summed E-state index contributed by atoms with van der Waals surface area (Å²) in [6.07, 6.45) is -0.237. The Morgan fingerprint density at radius 2 is 1.30 bits per heavy atom. The minimum absolute atomic E-state index is 0.00910. The van der Waals surface area contributed by atoms with Crippen LogP contribution in [-0.2, 0) is 18.4 Å². The van der Waals surface area contributed by atoms with E-state index in [9.17, 15) is 9.36 Å². The molecule has 0 spiro atoms. The summed E-state index contributed by atoms with van der Waals surface area (Å²) in [4.78, 5) is 14.8. The van der Waals surface area contributed by atoms with Gasteiger partial charge in [0, 0.05) is 26.3 Å². The highest BCUT2D eigenvalue weighted by Crippen LogP contribution is 2.46. The Hall–Kier alpha value is -1.78. The van der Waals surface area contributed by atoms with Gasteiger partial charge >= 0.3 is 7.60 Å². The predicted molar refractivity (Wildman–Crippen MR) is 108 cm³/mol. The molecule has 0 saturated heterocycles. The Labute approximate surface area is 161 Å². The van der Waals surface area contributed by atoms with Crippen molar-refractivity contribution in [2.24, 2.45) is 0 Å². The number of hydrogen-bond donors (Lipinski definition) is 0. The minimum Gasteiger partial charge on any atom is -0.312 e. The van der Waals surface area contributed by atoms with Gasteiger partial charge in [-0.2, -0.15) is 0 Å². The van der Waals surface area contributed by atoms with E-state index in [4.69, 9.17) is 9.05 Å². The normalized spacial score (nSPS) is 14.1. The van der Waals surface area contributed by atoms with Crippen molar-refractivity contribution in [2.75, 3.05) is 26.9 Å². The summed E-state index contributed by atoms with van der Waals surface area (Å²) >= 11 is 0. The molecule has 0 aliphatic heterocycles. The summed E-state index contributed by atoms with van der Waals surface area (Å²) in [5, 5.41) is 0. The Kier molecular flexibility index (Phi) is 7.93. The lowest BCUT2D eigenvalue weighted by atomic mass is 10.0. The van der Waals surface area contributed by atoms with Crippen LogP contribution in [0.4, 0.5) is 0 Å². The highest BCUT2D eigenvalue weighted by Gasteiger charge is 2.30. The largest absolute Gasteiger partial charge is 0.337 e. The molecular formula is C21H28NO4P. The molecule has 2 atom stereocenters. The third-order valence-electron chi connectivity index (χ3n) is 4.84. The fourth-order valence-corrected chi connectivity index (χ4v) is 4.07. The van der Waals surface area contributed by atoms with Crippen LogP contribution in [-0.4, -0.2) is 37.6 Å². The van der Waals surface area contributed by atoms with E-state index in [0.717, 1.165) is 11.1 Å². The van der Waals surface area contributed by atoms with Crippen molar-refractivity contribution in [3.05, 3.63) is 71.8 Å². The van der Waals surface area contributed by atoms with Crippen molar-refractivity contribution >= 4 is 13.4 Å². The second kappa shape index (κ2) is 9.95. The number of carbonyl (C=O) groups is 1. The lowest BCUT2D eigenvalue weighted by Crippen LogP contribution is -2.36. The first-order chi connectivity index (χ1) is 12.9. The fraction of sp³-hybridized carbons (Fsp3) is 0.381. The van der Waals surface area contributed by atoms with Crippen molar-refractivity contribution in [1.82, 2.24) is 4.90 Å². The molecule has 27 heavy (non-hydrogen) atoms. The molecule has 0 heterocycles. The summed E-state index contributed by atoms with van der Waals surface area (Å²) in [5.74, 6) is -0.174. The third kappa shape index (κ3) is 5.85. The van der Waals surface area contributed by atoms with Gasteiger partial charge in [-0.25, -0.2) is 0 Å². The Balaban J connectivity index is 2.26. The monoisotopic (exact) mass is 389 g/mol. The van der Waals surface area contributed by atoms with Gasteiger partial charge in [0.2, 0.25) is 0 Å². The minimum atomic E-state index is -3.37. The molecule has 5 nitrogen and oxygen atoms in total. The summed E-state index contributed by atoms with van der Waals surface area (Å²) in [5.41, 5.74) is 2.24. The zero-order chi connectivity index (χ0) is 19.9. The lowest BCUT2D eigenvalue weighted by Gasteiger charge is -2.35. The first kappa shape index (κ1) is 21.5. The van der Waals surface area contributed by atoms with Crippen LogP contribution in [0.25, 0.3) is 0 Å². The van der Waals surface area contributed by atoms with Gasteiger partial charge in [-0.1, -0.05) is 60.7 Å². The molecule has 0 amide bonds. The van der Waals surface area contributed by atoms with E-state index in [-0.39, 0.29) is 30.6 Å². The number of benzene rings is 2. The maximum Gasteiger partial charge on any atom is 0.337 e. The van der Waals surface area contributed by atoms with Gasteiger partial charge in [0.1, 0.15) is 6.16 Å². The topological polar surface area (TPSA) is 55.8 Å². The molecule has 0 fully saturated rings. The van der Waals surface area contributed by atoms with Crippen molar-refractivity contribution in [3.63, 3.8) is 0 Å². The molecule has 0 saturated carbocycles. The molecule has 146 valence electrons. The molecular weight excluding hydrogens is 361 g/mol. The van der Waals surface area contributed by atoms with E-state index < -0.39 is 7.60 Å². The summed E-state index contributed by atoms with van der Waals surface area (Å²) in [6.45, 7) is 4.31. The van der Waals surface area contributed by atoms with Crippen LogP contribution in [0.3, 0.4) is 0 Å². The Morgan fingerprint density at radius 3 is 1.67 bits per heavy atom. The van der Waals surface area contributed by atoms with Crippen LogP contribution in [0.1, 0.15) is 37.1 Å². The van der Waals surface area contributed by atoms with E-state index in [1.165, 1.54) is 14.2 Å². The summed E-state index contributed by atoms with van der Waals surface area (Å²) in [6, 6.07) is 20.1. The average Bonchev–Trinajstić information content (AvgIpc) is 2.72. The van der Waals surface area contributed by atoms with Crippen molar-refractivity contribution in [3.8, 4) is 0 Å². The number of nitrogens with zero attached hydrogens (tertiary/aromatic N) is 1. The van der Waals surface area contributed by atoms with Gasteiger partial charge in [-0.15, -0.1) is 0 Å². The molecule has 0 aliphatic rings. The van der Waals surface area contributed by atoms with E-state index in [0.29, 0.717) is 0 Å². The van der Waals surface area contributed by atoms with E-state index in [2.05, 4.69) is 43.0 Å². The first-order valence-electron chi connectivity index (χ1n) is 8.98. The molecule has 0 radical (unpaired) electrons. The zero-order valence-electron chi connectivity index (χ0n) is 16.4. The van der Waals surface area contributed by atoms with Crippen LogP contribution in [0, 0.1) is 0 Å². The van der Waals surface area contributed by atoms with Crippen LogP contribution < -0.4 is 0 Å². The van der Waals surface area contributed by atoms with Crippen molar-refractivity contribution in [1.29, 1.82) is 0 Å². The molecule has 2 aromatic rings. The highest BCUT2D eigenvalue weighted by molar-refractivity contribution is 7.54. The number of carbonyl (C=O) groups excluding carboxylic acids is 1. The van der Waals surface area contributed by atoms with Gasteiger partial charge < -0.3 is 9.05 Å². The van der Waals surface area contributed by atoms with Gasteiger partial charge in [0.15, 0.2) is 5.78 Å². The molecule has 0 bridgehead atoms. The van der Waals surface area contributed by atoms with E-state index in [1.54, 1.807) is 0 Å². The number of hydrogen-bond acceptors (Lipinski definition) is 5. The molecule has 0 aliphatic carbocycles. The van der Waals surface area contributed by atoms with E-state index in [1.807, 2.05) is 36.4 Å². The molecule has 0 N–H and O–H groups in total. The Bertz CT molecular complexity index is 713. The molecule has 0 aromatic heterocycles. The Morgan fingerprint density at radius 1 is 0.889 bits per heavy atom. The quantitative estimate of drug-likeness (QED) is 0.543. The first-order valence-corrected chi connectivity index (χ1v) is 10.7. The van der Waals surface area contributed by atoms with Crippen LogP contribution in [0.2, 0.25) is 0 Å². The average molecular weight is 389 g/mol. The SMILES string of the molecule is COP(=O)(CC(=O)CN([C@H](C)c1ccccc1)[C@H](C)c1ccccc1)OC. The number of ketones is 1. The van der Waals surface area contributed by atoms with Gasteiger partial charge in [0.05, 0.1) is 6.54 Å².